The van der Waals surface area contributed by atoms with Crippen LogP contribution < -0.4 is 14.9 Å². The van der Waals surface area contributed by atoms with Gasteiger partial charge in [-0.3, -0.25) is 5.43 Å². The van der Waals surface area contributed by atoms with Crippen LogP contribution in [0.3, 0.4) is 0 Å². The molecule has 0 saturated carbocycles. The number of nitrogens with zero attached hydrogens (tertiary/aromatic N) is 2. The predicted molar refractivity (Wildman–Crippen MR) is 94.6 cm³/mol. The van der Waals surface area contributed by atoms with Crippen molar-refractivity contribution in [2.75, 3.05) is 19.6 Å². The number of benzene rings is 1. The summed E-state index contributed by atoms with van der Waals surface area (Å²) >= 11 is 17.8. The van der Waals surface area contributed by atoms with Gasteiger partial charge in [-0.2, -0.15) is 5.10 Å². The number of aromatic nitrogens is 1. The van der Waals surface area contributed by atoms with Gasteiger partial charge in [-0.15, -0.1) is 0 Å². The van der Waals surface area contributed by atoms with E-state index in [0.29, 0.717) is 28.1 Å². The van der Waals surface area contributed by atoms with Gasteiger partial charge in [0.25, 0.3) is 0 Å². The van der Waals surface area contributed by atoms with E-state index >= 15 is 0 Å². The Hall–Kier alpha value is -1.69. The maximum Gasteiger partial charge on any atom is 0.166 e. The molecule has 0 spiro atoms. The van der Waals surface area contributed by atoms with Crippen LogP contribution in [-0.4, -0.2) is 24.9 Å². The molecule has 0 atom stereocenters. The second-order valence-corrected chi connectivity index (χ2v) is 5.64. The number of hydrogen-bond acceptors (Lipinski definition) is 5. The zero-order valence-corrected chi connectivity index (χ0v) is 14.9. The van der Waals surface area contributed by atoms with Gasteiger partial charge in [-0.05, 0) is 25.1 Å². The number of halogens is 3. The van der Waals surface area contributed by atoms with E-state index in [9.17, 15) is 0 Å². The van der Waals surface area contributed by atoms with Gasteiger partial charge in [0.1, 0.15) is 16.7 Å². The lowest BCUT2D eigenvalue weighted by Crippen LogP contribution is -2.04. The number of methoxy groups -OCH3 is 2. The van der Waals surface area contributed by atoms with Crippen molar-refractivity contribution in [1.82, 2.24) is 4.98 Å². The molecule has 23 heavy (non-hydrogen) atoms. The van der Waals surface area contributed by atoms with Gasteiger partial charge in [0.15, 0.2) is 5.82 Å². The Morgan fingerprint density at radius 2 is 1.83 bits per heavy atom. The second kappa shape index (κ2) is 7.73. The van der Waals surface area contributed by atoms with Crippen molar-refractivity contribution in [3.05, 3.63) is 45.0 Å². The average molecular weight is 375 g/mol. The molecular formula is C15H14Cl3N3O2. The predicted octanol–water partition coefficient (Wildman–Crippen LogP) is 4.90. The summed E-state index contributed by atoms with van der Waals surface area (Å²) in [6.45, 7) is 1.82. The number of ether oxygens (including phenoxy) is 2. The third-order valence-electron chi connectivity index (χ3n) is 3.01. The summed E-state index contributed by atoms with van der Waals surface area (Å²) in [5.74, 6) is 1.65. The fraction of sp³-hybridized carbons (Fsp3) is 0.200. The first-order valence-corrected chi connectivity index (χ1v) is 7.64. The molecule has 2 rings (SSSR count). The number of pyridine rings is 1. The van der Waals surface area contributed by atoms with E-state index in [4.69, 9.17) is 44.3 Å². The van der Waals surface area contributed by atoms with Crippen molar-refractivity contribution >= 4 is 46.3 Å². The van der Waals surface area contributed by atoms with Crippen LogP contribution in [0.4, 0.5) is 5.82 Å². The average Bonchev–Trinajstić information content (AvgIpc) is 2.55. The molecule has 1 aromatic carbocycles. The second-order valence-electron chi connectivity index (χ2n) is 4.47. The van der Waals surface area contributed by atoms with Gasteiger partial charge in [-0.1, -0.05) is 34.8 Å². The fourth-order valence-electron chi connectivity index (χ4n) is 1.82. The van der Waals surface area contributed by atoms with Gasteiger partial charge in [0.05, 0.1) is 30.0 Å². The molecule has 0 saturated heterocycles. The van der Waals surface area contributed by atoms with Gasteiger partial charge in [-0.25, -0.2) is 4.98 Å². The van der Waals surface area contributed by atoms with Crippen molar-refractivity contribution < 1.29 is 9.47 Å². The molecule has 122 valence electrons. The smallest absolute Gasteiger partial charge is 0.166 e. The Balaban J connectivity index is 2.29. The molecule has 1 heterocycles. The van der Waals surface area contributed by atoms with Crippen LogP contribution in [0.25, 0.3) is 0 Å². The van der Waals surface area contributed by atoms with E-state index in [0.717, 1.165) is 5.56 Å². The zero-order valence-electron chi connectivity index (χ0n) is 12.7. The van der Waals surface area contributed by atoms with Crippen molar-refractivity contribution in [3.63, 3.8) is 0 Å². The first-order valence-electron chi connectivity index (χ1n) is 6.50. The Labute approximate surface area is 149 Å². The number of anilines is 1. The summed E-state index contributed by atoms with van der Waals surface area (Å²) in [5, 5.41) is 5.00. The van der Waals surface area contributed by atoms with Crippen LogP contribution in [0.2, 0.25) is 15.2 Å². The standard InChI is InChI=1S/C15H14Cl3N3O2/c1-8(10-5-4-9(22-2)6-13(10)23-3)20-21-15-12(17)7-11(16)14(18)19-15/h4-7H,1-3H3,(H,19,21)/b20-8+. The highest BCUT2D eigenvalue weighted by molar-refractivity contribution is 6.42. The summed E-state index contributed by atoms with van der Waals surface area (Å²) in [7, 11) is 3.17. The topological polar surface area (TPSA) is 55.7 Å². The molecule has 0 unspecified atom stereocenters. The SMILES string of the molecule is COc1ccc(/C(C)=N/Nc2nc(Cl)c(Cl)cc2Cl)c(OC)c1. The monoisotopic (exact) mass is 373 g/mol. The molecule has 0 radical (unpaired) electrons. The minimum atomic E-state index is 0.147. The van der Waals surface area contributed by atoms with Crippen LogP contribution in [0.5, 0.6) is 11.5 Å². The summed E-state index contributed by atoms with van der Waals surface area (Å²) in [4.78, 5) is 4.04. The molecule has 1 N–H and O–H groups in total. The Morgan fingerprint density at radius 1 is 1.09 bits per heavy atom. The highest BCUT2D eigenvalue weighted by Gasteiger charge is 2.10. The van der Waals surface area contributed by atoms with Crippen LogP contribution in [0.1, 0.15) is 12.5 Å². The maximum atomic E-state index is 6.05. The molecule has 0 amide bonds. The first-order chi connectivity index (χ1) is 11.0. The molecule has 0 aliphatic rings. The molecule has 0 bridgehead atoms. The highest BCUT2D eigenvalue weighted by Crippen LogP contribution is 2.29. The van der Waals surface area contributed by atoms with Gasteiger partial charge in [0.2, 0.25) is 0 Å². The van der Waals surface area contributed by atoms with Crippen LogP contribution in [-0.2, 0) is 0 Å². The molecule has 0 aliphatic carbocycles. The molecule has 2 aromatic rings. The van der Waals surface area contributed by atoms with E-state index in [-0.39, 0.29) is 10.2 Å². The third-order valence-corrected chi connectivity index (χ3v) is 3.98. The van der Waals surface area contributed by atoms with Crippen molar-refractivity contribution in [2.24, 2.45) is 5.10 Å². The molecule has 5 nitrogen and oxygen atoms in total. The van der Waals surface area contributed by atoms with E-state index in [1.807, 2.05) is 19.1 Å². The number of hydrogen-bond donors (Lipinski definition) is 1. The normalized spacial score (nSPS) is 11.3. The van der Waals surface area contributed by atoms with E-state index < -0.39 is 0 Å². The largest absolute Gasteiger partial charge is 0.497 e. The lowest BCUT2D eigenvalue weighted by atomic mass is 10.1. The van der Waals surface area contributed by atoms with Crippen molar-refractivity contribution in [2.45, 2.75) is 6.92 Å². The Morgan fingerprint density at radius 3 is 2.48 bits per heavy atom. The van der Waals surface area contributed by atoms with E-state index in [1.165, 1.54) is 6.07 Å². The molecular weight excluding hydrogens is 361 g/mol. The number of nitrogens with one attached hydrogen (secondary N) is 1. The van der Waals surface area contributed by atoms with Gasteiger partial charge in [0, 0.05) is 11.6 Å². The van der Waals surface area contributed by atoms with Crippen LogP contribution in [0, 0.1) is 0 Å². The van der Waals surface area contributed by atoms with Crippen molar-refractivity contribution in [3.8, 4) is 11.5 Å². The molecule has 0 fully saturated rings. The molecule has 8 heteroatoms. The fourth-order valence-corrected chi connectivity index (χ4v) is 2.36. The summed E-state index contributed by atoms with van der Waals surface area (Å²) in [5.41, 5.74) is 4.25. The number of hydrazone groups is 1. The summed E-state index contributed by atoms with van der Waals surface area (Å²) in [6, 6.07) is 6.95. The summed E-state index contributed by atoms with van der Waals surface area (Å²) < 4.78 is 10.5. The van der Waals surface area contributed by atoms with E-state index in [1.54, 1.807) is 20.3 Å². The van der Waals surface area contributed by atoms with E-state index in [2.05, 4.69) is 15.5 Å². The van der Waals surface area contributed by atoms with Gasteiger partial charge >= 0.3 is 0 Å². The highest BCUT2D eigenvalue weighted by atomic mass is 35.5. The Kier molecular flexibility index (Phi) is 5.93. The summed E-state index contributed by atoms with van der Waals surface area (Å²) in [6.07, 6.45) is 0. The maximum absolute atomic E-state index is 6.05. The van der Waals surface area contributed by atoms with Gasteiger partial charge < -0.3 is 9.47 Å². The minimum absolute atomic E-state index is 0.147. The minimum Gasteiger partial charge on any atom is -0.497 e. The Bertz CT molecular complexity index is 751. The third kappa shape index (κ3) is 4.19. The van der Waals surface area contributed by atoms with Crippen molar-refractivity contribution in [1.29, 1.82) is 0 Å². The lowest BCUT2D eigenvalue weighted by Gasteiger charge is -2.11. The number of rotatable bonds is 5. The zero-order chi connectivity index (χ0) is 17.0. The lowest BCUT2D eigenvalue weighted by molar-refractivity contribution is 0.394. The van der Waals surface area contributed by atoms with Crippen LogP contribution >= 0.6 is 34.8 Å². The quantitative estimate of drug-likeness (QED) is 0.460. The van der Waals surface area contributed by atoms with Crippen LogP contribution in [0.15, 0.2) is 29.4 Å². The first kappa shape index (κ1) is 17.7. The molecule has 1 aromatic heterocycles. The molecule has 0 aliphatic heterocycles.